The van der Waals surface area contributed by atoms with Gasteiger partial charge in [0, 0.05) is 6.20 Å². The van der Waals surface area contributed by atoms with Crippen molar-refractivity contribution in [3.63, 3.8) is 0 Å². The number of amides is 1. The third-order valence-electron chi connectivity index (χ3n) is 2.64. The number of rotatable bonds is 3. The zero-order valence-electron chi connectivity index (χ0n) is 9.93. The Bertz CT molecular complexity index is 525. The minimum Gasteiger partial charge on any atom is -0.345 e. The zero-order valence-corrected chi connectivity index (χ0v) is 10.7. The van der Waals surface area contributed by atoms with Gasteiger partial charge in [-0.05, 0) is 24.6 Å². The van der Waals surface area contributed by atoms with E-state index in [2.05, 4.69) is 10.3 Å². The molecule has 0 saturated carbocycles. The highest BCUT2D eigenvalue weighted by Crippen LogP contribution is 2.12. The maximum absolute atomic E-state index is 11.9. The van der Waals surface area contributed by atoms with E-state index in [4.69, 9.17) is 11.6 Å². The monoisotopic (exact) mass is 260 g/mol. The van der Waals surface area contributed by atoms with Crippen LogP contribution in [0.2, 0.25) is 5.15 Å². The van der Waals surface area contributed by atoms with Crippen molar-refractivity contribution < 1.29 is 4.79 Å². The zero-order chi connectivity index (χ0) is 13.0. The molecule has 4 heteroatoms. The van der Waals surface area contributed by atoms with Gasteiger partial charge in [0.2, 0.25) is 0 Å². The molecule has 0 fully saturated rings. The predicted molar refractivity (Wildman–Crippen MR) is 71.6 cm³/mol. The summed E-state index contributed by atoms with van der Waals surface area (Å²) in [6.45, 7) is 1.94. The standard InChI is InChI=1S/C14H13ClN2O/c1-10(11-5-3-2-4-6-11)17-14(18)12-7-8-13(15)16-9-12/h2-10H,1H3,(H,17,18)/t10-/m1/s1. The minimum absolute atomic E-state index is 0.0469. The first kappa shape index (κ1) is 12.6. The van der Waals surface area contributed by atoms with E-state index in [1.807, 2.05) is 37.3 Å². The number of pyridine rings is 1. The Labute approximate surface area is 111 Å². The van der Waals surface area contributed by atoms with Crippen molar-refractivity contribution in [3.05, 3.63) is 64.9 Å². The van der Waals surface area contributed by atoms with Crippen LogP contribution in [-0.4, -0.2) is 10.9 Å². The Hall–Kier alpha value is -1.87. The van der Waals surface area contributed by atoms with Crippen molar-refractivity contribution in [1.82, 2.24) is 10.3 Å². The third kappa shape index (κ3) is 3.08. The first-order valence-corrected chi connectivity index (χ1v) is 6.02. The van der Waals surface area contributed by atoms with Crippen molar-refractivity contribution in [2.24, 2.45) is 0 Å². The quantitative estimate of drug-likeness (QED) is 0.861. The van der Waals surface area contributed by atoms with Gasteiger partial charge in [-0.1, -0.05) is 41.9 Å². The van der Waals surface area contributed by atoms with Crippen LogP contribution in [-0.2, 0) is 0 Å². The smallest absolute Gasteiger partial charge is 0.253 e. The summed E-state index contributed by atoms with van der Waals surface area (Å²) in [7, 11) is 0. The molecule has 2 aromatic rings. The summed E-state index contributed by atoms with van der Waals surface area (Å²) in [5.41, 5.74) is 1.56. The Morgan fingerprint density at radius 1 is 1.22 bits per heavy atom. The molecule has 92 valence electrons. The van der Waals surface area contributed by atoms with E-state index >= 15 is 0 Å². The van der Waals surface area contributed by atoms with Crippen LogP contribution in [0, 0.1) is 0 Å². The van der Waals surface area contributed by atoms with Crippen LogP contribution in [0.3, 0.4) is 0 Å². The minimum atomic E-state index is -0.157. The molecule has 2 rings (SSSR count). The fraction of sp³-hybridized carbons (Fsp3) is 0.143. The Kier molecular flexibility index (Phi) is 3.95. The number of carbonyl (C=O) groups is 1. The molecule has 1 N–H and O–H groups in total. The van der Waals surface area contributed by atoms with E-state index < -0.39 is 0 Å². The van der Waals surface area contributed by atoms with Gasteiger partial charge >= 0.3 is 0 Å². The van der Waals surface area contributed by atoms with Crippen molar-refractivity contribution in [2.75, 3.05) is 0 Å². The molecule has 0 unspecified atom stereocenters. The molecule has 0 saturated heterocycles. The number of halogens is 1. The fourth-order valence-electron chi connectivity index (χ4n) is 1.62. The van der Waals surface area contributed by atoms with E-state index in [0.29, 0.717) is 10.7 Å². The van der Waals surface area contributed by atoms with Gasteiger partial charge in [0.25, 0.3) is 5.91 Å². The Balaban J connectivity index is 2.06. The summed E-state index contributed by atoms with van der Waals surface area (Å²) in [4.78, 5) is 15.8. The molecule has 1 atom stereocenters. The average molecular weight is 261 g/mol. The molecule has 0 aliphatic heterocycles. The molecule has 0 radical (unpaired) electrons. The van der Waals surface area contributed by atoms with Crippen LogP contribution >= 0.6 is 11.6 Å². The van der Waals surface area contributed by atoms with Crippen LogP contribution in [0.4, 0.5) is 0 Å². The SMILES string of the molecule is C[C@@H](NC(=O)c1ccc(Cl)nc1)c1ccccc1. The van der Waals surface area contributed by atoms with E-state index in [0.717, 1.165) is 5.56 Å². The number of carbonyl (C=O) groups excluding carboxylic acids is 1. The van der Waals surface area contributed by atoms with Crippen molar-refractivity contribution in [3.8, 4) is 0 Å². The number of benzene rings is 1. The second-order valence-electron chi connectivity index (χ2n) is 3.98. The topological polar surface area (TPSA) is 42.0 Å². The lowest BCUT2D eigenvalue weighted by Crippen LogP contribution is -2.26. The number of nitrogens with one attached hydrogen (secondary N) is 1. The average Bonchev–Trinajstić information content (AvgIpc) is 2.40. The van der Waals surface area contributed by atoms with Gasteiger partial charge in [-0.15, -0.1) is 0 Å². The first-order valence-electron chi connectivity index (χ1n) is 5.64. The molecule has 0 aliphatic carbocycles. The van der Waals surface area contributed by atoms with Gasteiger partial charge in [0.05, 0.1) is 11.6 Å². The molecule has 1 heterocycles. The summed E-state index contributed by atoms with van der Waals surface area (Å²) < 4.78 is 0. The van der Waals surface area contributed by atoms with Crippen molar-refractivity contribution in [2.45, 2.75) is 13.0 Å². The molecule has 1 aromatic carbocycles. The molecule has 0 aliphatic rings. The van der Waals surface area contributed by atoms with Crippen LogP contribution in [0.1, 0.15) is 28.9 Å². The predicted octanol–water partition coefficient (Wildman–Crippen LogP) is 3.23. The molecule has 0 spiro atoms. The lowest BCUT2D eigenvalue weighted by atomic mass is 10.1. The van der Waals surface area contributed by atoms with Crippen LogP contribution in [0.25, 0.3) is 0 Å². The summed E-state index contributed by atoms with van der Waals surface area (Å²) in [6, 6.07) is 13.0. The van der Waals surface area contributed by atoms with Gasteiger partial charge in [-0.25, -0.2) is 4.98 Å². The van der Waals surface area contributed by atoms with Crippen molar-refractivity contribution >= 4 is 17.5 Å². The normalized spacial score (nSPS) is 11.9. The van der Waals surface area contributed by atoms with E-state index in [9.17, 15) is 4.79 Å². The number of hydrogen-bond donors (Lipinski definition) is 1. The maximum Gasteiger partial charge on any atom is 0.253 e. The van der Waals surface area contributed by atoms with E-state index in [1.54, 1.807) is 12.1 Å². The number of aromatic nitrogens is 1. The second kappa shape index (κ2) is 5.65. The van der Waals surface area contributed by atoms with Gasteiger partial charge in [-0.3, -0.25) is 4.79 Å². The third-order valence-corrected chi connectivity index (χ3v) is 2.86. The Morgan fingerprint density at radius 2 is 1.94 bits per heavy atom. The van der Waals surface area contributed by atoms with Gasteiger partial charge in [-0.2, -0.15) is 0 Å². The molecular formula is C14H13ClN2O. The van der Waals surface area contributed by atoms with Gasteiger partial charge in [0.1, 0.15) is 5.15 Å². The molecule has 3 nitrogen and oxygen atoms in total. The van der Waals surface area contributed by atoms with E-state index in [1.165, 1.54) is 6.20 Å². The summed E-state index contributed by atoms with van der Waals surface area (Å²) in [5.74, 6) is -0.157. The molecule has 1 amide bonds. The maximum atomic E-state index is 11.9. The summed E-state index contributed by atoms with van der Waals surface area (Å²) >= 11 is 5.68. The second-order valence-corrected chi connectivity index (χ2v) is 4.36. The van der Waals surface area contributed by atoms with Crippen LogP contribution in [0.5, 0.6) is 0 Å². The van der Waals surface area contributed by atoms with Crippen LogP contribution in [0.15, 0.2) is 48.7 Å². The highest BCUT2D eigenvalue weighted by molar-refractivity contribution is 6.29. The van der Waals surface area contributed by atoms with Crippen molar-refractivity contribution in [1.29, 1.82) is 0 Å². The largest absolute Gasteiger partial charge is 0.345 e. The highest BCUT2D eigenvalue weighted by Gasteiger charge is 2.11. The molecular weight excluding hydrogens is 248 g/mol. The summed E-state index contributed by atoms with van der Waals surface area (Å²) in [6.07, 6.45) is 1.47. The van der Waals surface area contributed by atoms with Crippen LogP contribution < -0.4 is 5.32 Å². The molecule has 0 bridgehead atoms. The lowest BCUT2D eigenvalue weighted by molar-refractivity contribution is 0.0939. The molecule has 1 aromatic heterocycles. The number of hydrogen-bond acceptors (Lipinski definition) is 2. The van der Waals surface area contributed by atoms with E-state index in [-0.39, 0.29) is 11.9 Å². The number of nitrogens with zero attached hydrogens (tertiary/aromatic N) is 1. The van der Waals surface area contributed by atoms with Gasteiger partial charge < -0.3 is 5.32 Å². The van der Waals surface area contributed by atoms with Gasteiger partial charge in [0.15, 0.2) is 0 Å². The highest BCUT2D eigenvalue weighted by atomic mass is 35.5. The summed E-state index contributed by atoms with van der Waals surface area (Å²) in [5, 5.41) is 3.29. The Morgan fingerprint density at radius 3 is 2.56 bits per heavy atom. The fourth-order valence-corrected chi connectivity index (χ4v) is 1.73. The lowest BCUT2D eigenvalue weighted by Gasteiger charge is -2.14. The first-order chi connectivity index (χ1) is 8.66. The molecule has 18 heavy (non-hydrogen) atoms.